The molecule has 1 aromatic rings. The fraction of sp³-hybridized carbons (Fsp3) is 0.556. The van der Waals surface area contributed by atoms with Gasteiger partial charge in [-0.05, 0) is 24.8 Å². The molecule has 0 unspecified atom stereocenters. The van der Waals surface area contributed by atoms with Gasteiger partial charge in [-0.3, -0.25) is 9.59 Å². The van der Waals surface area contributed by atoms with Crippen molar-refractivity contribution in [1.82, 2.24) is 10.2 Å². The van der Waals surface area contributed by atoms with Crippen LogP contribution in [0.15, 0.2) is 30.3 Å². The van der Waals surface area contributed by atoms with Crippen LogP contribution in [0, 0.1) is 5.92 Å². The Bertz CT molecular complexity index is 528. The number of carbonyl (C=O) groups is 2. The molecule has 0 aromatic heterocycles. The highest BCUT2D eigenvalue weighted by Crippen LogP contribution is 2.13. The number of rotatable bonds is 5. The number of nitrogens with zero attached hydrogens (tertiary/aromatic N) is 1. The van der Waals surface area contributed by atoms with E-state index in [0.717, 1.165) is 18.4 Å². The van der Waals surface area contributed by atoms with Gasteiger partial charge in [0.1, 0.15) is 0 Å². The summed E-state index contributed by atoms with van der Waals surface area (Å²) in [6.45, 7) is 5.09. The van der Waals surface area contributed by atoms with Crippen molar-refractivity contribution >= 4 is 24.2 Å². The maximum Gasteiger partial charge on any atom is 0.239 e. The highest BCUT2D eigenvalue weighted by Gasteiger charge is 2.27. The van der Waals surface area contributed by atoms with E-state index in [1.165, 1.54) is 0 Å². The van der Waals surface area contributed by atoms with Crippen LogP contribution < -0.4 is 11.1 Å². The van der Waals surface area contributed by atoms with Crippen molar-refractivity contribution in [3.8, 4) is 0 Å². The maximum absolute atomic E-state index is 12.5. The summed E-state index contributed by atoms with van der Waals surface area (Å²) in [7, 11) is 0. The number of halogens is 1. The van der Waals surface area contributed by atoms with E-state index in [-0.39, 0.29) is 36.2 Å². The van der Waals surface area contributed by atoms with E-state index >= 15 is 0 Å². The van der Waals surface area contributed by atoms with Gasteiger partial charge in [-0.2, -0.15) is 0 Å². The van der Waals surface area contributed by atoms with Crippen LogP contribution in [0.25, 0.3) is 0 Å². The number of nitrogens with two attached hydrogens (primary N) is 1. The molecule has 1 heterocycles. The molecule has 0 aliphatic carbocycles. The summed E-state index contributed by atoms with van der Waals surface area (Å²) in [4.78, 5) is 26.0. The first kappa shape index (κ1) is 20.5. The molecule has 1 atom stereocenters. The van der Waals surface area contributed by atoms with Crippen LogP contribution >= 0.6 is 12.4 Å². The molecule has 1 fully saturated rings. The fourth-order valence-electron chi connectivity index (χ4n) is 2.80. The van der Waals surface area contributed by atoms with Crippen LogP contribution in [0.1, 0.15) is 32.3 Å². The van der Waals surface area contributed by atoms with Gasteiger partial charge in [0.2, 0.25) is 11.8 Å². The van der Waals surface area contributed by atoms with Crippen LogP contribution in [0.5, 0.6) is 0 Å². The van der Waals surface area contributed by atoms with Gasteiger partial charge in [-0.1, -0.05) is 44.2 Å². The Morgan fingerprint density at radius 2 is 1.79 bits per heavy atom. The monoisotopic (exact) mass is 353 g/mol. The molecule has 24 heavy (non-hydrogen) atoms. The summed E-state index contributed by atoms with van der Waals surface area (Å²) in [5, 5.41) is 3.04. The van der Waals surface area contributed by atoms with Gasteiger partial charge in [-0.15, -0.1) is 12.4 Å². The summed E-state index contributed by atoms with van der Waals surface area (Å²) in [5.74, 6) is 0.0759. The van der Waals surface area contributed by atoms with E-state index in [9.17, 15) is 9.59 Å². The minimum atomic E-state index is -0.501. The first-order chi connectivity index (χ1) is 11.0. The first-order valence-electron chi connectivity index (χ1n) is 8.36. The predicted molar refractivity (Wildman–Crippen MR) is 98.0 cm³/mol. The largest absolute Gasteiger partial charge is 0.353 e. The molecule has 6 heteroatoms. The standard InChI is InChI=1S/C18H27N3O2.ClH/c1-13(2)17(22)20-15-8-10-21(11-9-15)18(23)16(19)12-14-6-4-3-5-7-14;/h3-7,13,15-16H,8-12,19H2,1-2H3,(H,20,22);1H/t16-;/m0./s1. The molecule has 1 saturated heterocycles. The van der Waals surface area contributed by atoms with Crippen molar-refractivity contribution in [3.05, 3.63) is 35.9 Å². The Morgan fingerprint density at radius 1 is 1.21 bits per heavy atom. The third kappa shape index (κ3) is 5.80. The number of likely N-dealkylation sites (tertiary alicyclic amines) is 1. The van der Waals surface area contributed by atoms with Gasteiger partial charge < -0.3 is 16.0 Å². The fourth-order valence-corrected chi connectivity index (χ4v) is 2.80. The van der Waals surface area contributed by atoms with Crippen LogP contribution in [-0.4, -0.2) is 41.9 Å². The van der Waals surface area contributed by atoms with Gasteiger partial charge in [0.25, 0.3) is 0 Å². The molecule has 1 aliphatic heterocycles. The Kier molecular flexibility index (Phi) is 8.22. The molecule has 1 aliphatic rings. The lowest BCUT2D eigenvalue weighted by atomic mass is 10.0. The maximum atomic E-state index is 12.5. The molecule has 1 aromatic carbocycles. The van der Waals surface area contributed by atoms with E-state index in [0.29, 0.717) is 19.5 Å². The summed E-state index contributed by atoms with van der Waals surface area (Å²) in [6.07, 6.45) is 2.15. The Labute approximate surface area is 150 Å². The van der Waals surface area contributed by atoms with Gasteiger partial charge in [0.15, 0.2) is 0 Å². The van der Waals surface area contributed by atoms with Crippen molar-refractivity contribution in [3.63, 3.8) is 0 Å². The van der Waals surface area contributed by atoms with Gasteiger partial charge in [0, 0.05) is 25.0 Å². The van der Waals surface area contributed by atoms with Crippen molar-refractivity contribution in [2.45, 2.75) is 45.2 Å². The summed E-state index contributed by atoms with van der Waals surface area (Å²) in [6, 6.07) is 9.50. The molecular weight excluding hydrogens is 326 g/mol. The van der Waals surface area contributed by atoms with Crippen molar-refractivity contribution in [2.24, 2.45) is 11.7 Å². The number of hydrogen-bond donors (Lipinski definition) is 2. The number of nitrogens with one attached hydrogen (secondary N) is 1. The summed E-state index contributed by atoms with van der Waals surface area (Å²) < 4.78 is 0. The number of amides is 2. The lowest BCUT2D eigenvalue weighted by Gasteiger charge is -2.34. The molecule has 0 radical (unpaired) electrons. The second kappa shape index (κ2) is 9.64. The lowest BCUT2D eigenvalue weighted by molar-refractivity contribution is -0.133. The van der Waals surface area contributed by atoms with E-state index < -0.39 is 6.04 Å². The van der Waals surface area contributed by atoms with Crippen LogP contribution in [0.2, 0.25) is 0 Å². The molecule has 134 valence electrons. The summed E-state index contributed by atoms with van der Waals surface area (Å²) in [5.41, 5.74) is 7.15. The van der Waals surface area contributed by atoms with Crippen LogP contribution in [-0.2, 0) is 16.0 Å². The quantitative estimate of drug-likeness (QED) is 0.846. The van der Waals surface area contributed by atoms with E-state index in [2.05, 4.69) is 5.32 Å². The van der Waals surface area contributed by atoms with E-state index in [1.54, 1.807) is 0 Å². The van der Waals surface area contributed by atoms with Gasteiger partial charge >= 0.3 is 0 Å². The molecule has 0 saturated carbocycles. The topological polar surface area (TPSA) is 75.4 Å². The van der Waals surface area contributed by atoms with Gasteiger partial charge in [0.05, 0.1) is 6.04 Å². The average molecular weight is 354 g/mol. The zero-order chi connectivity index (χ0) is 16.8. The smallest absolute Gasteiger partial charge is 0.239 e. The third-order valence-electron chi connectivity index (χ3n) is 4.29. The molecule has 5 nitrogen and oxygen atoms in total. The minimum Gasteiger partial charge on any atom is -0.353 e. The Balaban J connectivity index is 0.00000288. The van der Waals surface area contributed by atoms with Crippen molar-refractivity contribution in [1.29, 1.82) is 0 Å². The number of piperidine rings is 1. The highest BCUT2D eigenvalue weighted by atomic mass is 35.5. The highest BCUT2D eigenvalue weighted by molar-refractivity contribution is 5.85. The van der Waals surface area contributed by atoms with E-state index in [1.807, 2.05) is 49.1 Å². The van der Waals surface area contributed by atoms with Crippen molar-refractivity contribution < 1.29 is 9.59 Å². The molecular formula is C18H28ClN3O2. The molecule has 3 N–H and O–H groups in total. The molecule has 0 spiro atoms. The first-order valence-corrected chi connectivity index (χ1v) is 8.36. The van der Waals surface area contributed by atoms with Crippen LogP contribution in [0.3, 0.4) is 0 Å². The number of carbonyl (C=O) groups excluding carboxylic acids is 2. The molecule has 0 bridgehead atoms. The Morgan fingerprint density at radius 3 is 2.33 bits per heavy atom. The van der Waals surface area contributed by atoms with Crippen molar-refractivity contribution in [2.75, 3.05) is 13.1 Å². The van der Waals surface area contributed by atoms with E-state index in [4.69, 9.17) is 5.73 Å². The normalized spacial score (nSPS) is 16.4. The van der Waals surface area contributed by atoms with Crippen LogP contribution in [0.4, 0.5) is 0 Å². The minimum absolute atomic E-state index is 0. The van der Waals surface area contributed by atoms with Gasteiger partial charge in [-0.25, -0.2) is 0 Å². The number of hydrogen-bond acceptors (Lipinski definition) is 3. The second-order valence-electron chi connectivity index (χ2n) is 6.56. The number of benzene rings is 1. The summed E-state index contributed by atoms with van der Waals surface area (Å²) >= 11 is 0. The SMILES string of the molecule is CC(C)C(=O)NC1CCN(C(=O)[C@@H](N)Cc2ccccc2)CC1.Cl. The molecule has 2 rings (SSSR count). The zero-order valence-corrected chi connectivity index (χ0v) is 15.2. The Hall–Kier alpha value is -1.59. The third-order valence-corrected chi connectivity index (χ3v) is 4.29. The predicted octanol–water partition coefficient (Wildman–Crippen LogP) is 1.74. The second-order valence-corrected chi connectivity index (χ2v) is 6.56. The zero-order valence-electron chi connectivity index (χ0n) is 14.4. The lowest BCUT2D eigenvalue weighted by Crippen LogP contribution is -2.51. The average Bonchev–Trinajstić information content (AvgIpc) is 2.55. The molecule has 2 amide bonds.